The summed E-state index contributed by atoms with van der Waals surface area (Å²) in [6, 6.07) is 0. The smallest absolute Gasteiger partial charge is 0.0330 e. The van der Waals surface area contributed by atoms with Gasteiger partial charge in [0.1, 0.15) is 0 Å². The van der Waals surface area contributed by atoms with Gasteiger partial charge < -0.3 is 4.74 Å². The van der Waals surface area contributed by atoms with Crippen molar-refractivity contribution < 1.29 is 103 Å². The largest absolute Gasteiger partial charge is 0.549 e. The van der Waals surface area contributed by atoms with Crippen LogP contribution in [0.4, 0.5) is 0 Å². The maximum absolute atomic E-state index is 4.99. The zero-order valence-corrected chi connectivity index (χ0v) is 14.7. The van der Waals surface area contributed by atoms with Gasteiger partial charge >= 0.3 is 0 Å². The van der Waals surface area contributed by atoms with E-state index < -0.39 is 0 Å². The van der Waals surface area contributed by atoms with Crippen molar-refractivity contribution in [3.8, 4) is 0 Å². The molecule has 0 aromatic rings. The van der Waals surface area contributed by atoms with Crippen molar-refractivity contribution >= 4 is 0 Å². The Morgan fingerprint density at radius 1 is 1.40 bits per heavy atom. The molecule has 0 aliphatic carbocycles. The van der Waals surface area contributed by atoms with Crippen molar-refractivity contribution in [2.75, 3.05) is 6.61 Å². The summed E-state index contributed by atoms with van der Waals surface area (Å²) in [4.78, 5) is 0. The third kappa shape index (κ3) is 9.10. The van der Waals surface area contributed by atoms with Crippen LogP contribution >= 0.6 is 0 Å². The van der Waals surface area contributed by atoms with Gasteiger partial charge in [0.25, 0.3) is 0 Å². The average molecular weight is 364 g/mol. The quantitative estimate of drug-likeness (QED) is 0.468. The standard InChI is InChI=1S/C6H9O.3Y/c1-6-3-2-4-7-5-6;;;/h3-4H,2,5H2,1H3;;;/q-1;;;. The van der Waals surface area contributed by atoms with Crippen molar-refractivity contribution in [3.05, 3.63) is 18.3 Å². The molecule has 0 fully saturated rings. The fourth-order valence-electron chi connectivity index (χ4n) is 0.567. The second-order valence-corrected chi connectivity index (χ2v) is 1.76. The molecule has 10 heavy (non-hydrogen) atoms. The van der Waals surface area contributed by atoms with Crippen LogP contribution in [0.15, 0.2) is 11.6 Å². The molecule has 3 radical (unpaired) electrons. The Morgan fingerprint density at radius 3 is 2.20 bits per heavy atom. The average Bonchev–Trinajstić information content (AvgIpc) is 1.69. The van der Waals surface area contributed by atoms with E-state index in [9.17, 15) is 0 Å². The van der Waals surface area contributed by atoms with Crippen LogP contribution in [0.1, 0.15) is 13.3 Å². The molecule has 1 heterocycles. The van der Waals surface area contributed by atoms with E-state index in [0.717, 1.165) is 13.0 Å². The van der Waals surface area contributed by atoms with E-state index in [1.54, 1.807) is 0 Å². The molecule has 1 aliphatic rings. The molecule has 0 bridgehead atoms. The fraction of sp³-hybridized carbons (Fsp3) is 0.500. The zero-order valence-electron chi connectivity index (χ0n) is 6.21. The summed E-state index contributed by atoms with van der Waals surface area (Å²) >= 11 is 0. The van der Waals surface area contributed by atoms with E-state index in [4.69, 9.17) is 4.74 Å². The van der Waals surface area contributed by atoms with Gasteiger partial charge in [0.2, 0.25) is 0 Å². The van der Waals surface area contributed by atoms with Crippen LogP contribution < -0.4 is 0 Å². The summed E-state index contributed by atoms with van der Waals surface area (Å²) in [5.74, 6) is 0. The molecular weight excluding hydrogens is 355 g/mol. The molecule has 0 spiro atoms. The first-order valence-electron chi connectivity index (χ1n) is 2.48. The molecule has 1 rings (SSSR count). The molecule has 4 heteroatoms. The summed E-state index contributed by atoms with van der Waals surface area (Å²) in [7, 11) is 0. The maximum Gasteiger partial charge on any atom is 0.0330 e. The molecule has 1 aliphatic heterocycles. The monoisotopic (exact) mass is 364 g/mol. The van der Waals surface area contributed by atoms with Crippen LogP contribution in [-0.4, -0.2) is 6.61 Å². The van der Waals surface area contributed by atoms with Gasteiger partial charge in [-0.15, -0.1) is 12.5 Å². The predicted octanol–water partition coefficient (Wildman–Crippen LogP) is 1.51. The Kier molecular flexibility index (Phi) is 22.5. The number of rotatable bonds is 0. The van der Waals surface area contributed by atoms with Crippen LogP contribution in [0, 0.1) is 6.61 Å². The van der Waals surface area contributed by atoms with Gasteiger partial charge in [-0.3, -0.25) is 0 Å². The molecule has 0 atom stereocenters. The number of hydrogen-bond acceptors (Lipinski definition) is 1. The summed E-state index contributed by atoms with van der Waals surface area (Å²) in [5, 5.41) is 0. The molecular formula is C6H9OY3-. The minimum atomic E-state index is 0. The van der Waals surface area contributed by atoms with Gasteiger partial charge in [0.05, 0.1) is 0 Å². The van der Waals surface area contributed by atoms with Crippen LogP contribution in [0.25, 0.3) is 0 Å². The molecule has 0 N–H and O–H groups in total. The molecule has 0 saturated heterocycles. The third-order valence-corrected chi connectivity index (χ3v) is 0.991. The van der Waals surface area contributed by atoms with Gasteiger partial charge in [-0.1, -0.05) is 5.57 Å². The van der Waals surface area contributed by atoms with Crippen LogP contribution in [0.5, 0.6) is 0 Å². The molecule has 0 saturated carbocycles. The van der Waals surface area contributed by atoms with E-state index in [-0.39, 0.29) is 98.1 Å². The predicted molar refractivity (Wildman–Crippen MR) is 28.6 cm³/mol. The van der Waals surface area contributed by atoms with Gasteiger partial charge in [0, 0.05) is 105 Å². The summed E-state index contributed by atoms with van der Waals surface area (Å²) in [6.45, 7) is 4.69. The topological polar surface area (TPSA) is 9.23 Å². The second kappa shape index (κ2) is 12.0. The normalized spacial score (nSPS) is 15.1. The fourth-order valence-corrected chi connectivity index (χ4v) is 0.567. The summed E-state index contributed by atoms with van der Waals surface area (Å²) < 4.78 is 4.99. The zero-order chi connectivity index (χ0) is 5.11. The van der Waals surface area contributed by atoms with Crippen molar-refractivity contribution in [3.63, 3.8) is 0 Å². The maximum atomic E-state index is 4.99. The Labute approximate surface area is 138 Å². The number of ether oxygens (including phenoxy) is 1. The first kappa shape index (κ1) is 18.7. The third-order valence-electron chi connectivity index (χ3n) is 0.991. The molecule has 0 amide bonds. The van der Waals surface area contributed by atoms with Crippen molar-refractivity contribution in [2.45, 2.75) is 13.3 Å². The Hall–Kier alpha value is 3.01. The molecule has 0 aromatic heterocycles. The molecule has 1 nitrogen and oxygen atoms in total. The first-order chi connectivity index (χ1) is 3.39. The summed E-state index contributed by atoms with van der Waals surface area (Å²) in [5.41, 5.74) is 1.34. The summed E-state index contributed by atoms with van der Waals surface area (Å²) in [6.07, 6.45) is 3.15. The Bertz CT molecular complexity index is 93.0. The molecule has 0 aromatic carbocycles. The van der Waals surface area contributed by atoms with Gasteiger partial charge in [-0.05, 0) is 6.92 Å². The van der Waals surface area contributed by atoms with E-state index in [2.05, 4.69) is 13.0 Å². The minimum absolute atomic E-state index is 0. The van der Waals surface area contributed by atoms with Crippen molar-refractivity contribution in [1.82, 2.24) is 0 Å². The van der Waals surface area contributed by atoms with Crippen molar-refractivity contribution in [1.29, 1.82) is 0 Å². The minimum Gasteiger partial charge on any atom is -0.549 e. The van der Waals surface area contributed by atoms with E-state index in [1.807, 2.05) is 6.61 Å². The molecule has 49 valence electrons. The first-order valence-corrected chi connectivity index (χ1v) is 2.48. The van der Waals surface area contributed by atoms with Crippen LogP contribution in [0.2, 0.25) is 0 Å². The molecule has 0 unspecified atom stereocenters. The van der Waals surface area contributed by atoms with E-state index >= 15 is 0 Å². The Balaban J connectivity index is -0.000000163. The van der Waals surface area contributed by atoms with Crippen molar-refractivity contribution in [2.24, 2.45) is 0 Å². The second-order valence-electron chi connectivity index (χ2n) is 1.76. The van der Waals surface area contributed by atoms with Gasteiger partial charge in [0.15, 0.2) is 0 Å². The van der Waals surface area contributed by atoms with Gasteiger partial charge in [-0.25, -0.2) is 6.61 Å². The SMILES string of the molecule is CC1=CC[CH-]OC1.[Y].[Y].[Y]. The van der Waals surface area contributed by atoms with E-state index in [0.29, 0.717) is 0 Å². The number of hydrogen-bond donors (Lipinski definition) is 0. The van der Waals surface area contributed by atoms with Crippen LogP contribution in [0.3, 0.4) is 0 Å². The van der Waals surface area contributed by atoms with Gasteiger partial charge in [-0.2, -0.15) is 0 Å². The Morgan fingerprint density at radius 2 is 2.00 bits per heavy atom. The van der Waals surface area contributed by atoms with E-state index in [1.165, 1.54) is 5.57 Å². The van der Waals surface area contributed by atoms with Crippen LogP contribution in [-0.2, 0) is 103 Å².